The van der Waals surface area contributed by atoms with Crippen LogP contribution in [0.2, 0.25) is 0 Å². The van der Waals surface area contributed by atoms with E-state index in [-0.39, 0.29) is 19.1 Å². The summed E-state index contributed by atoms with van der Waals surface area (Å²) >= 11 is 0. The van der Waals surface area contributed by atoms with E-state index >= 15 is 0 Å². The van der Waals surface area contributed by atoms with Gasteiger partial charge in [-0.3, -0.25) is 13.8 Å². The van der Waals surface area contributed by atoms with Gasteiger partial charge in [0.05, 0.1) is 39.9 Å². The van der Waals surface area contributed by atoms with Crippen LogP contribution in [0.3, 0.4) is 0 Å². The van der Waals surface area contributed by atoms with Crippen LogP contribution in [0.25, 0.3) is 0 Å². The van der Waals surface area contributed by atoms with Crippen LogP contribution < -0.4 is 5.32 Å². The first-order chi connectivity index (χ1) is 39.5. The quantitative estimate of drug-likeness (QED) is 0.0243. The molecular formula is C72H146N2O6P+. The van der Waals surface area contributed by atoms with Gasteiger partial charge in [0.1, 0.15) is 13.2 Å². The molecule has 0 aliphatic heterocycles. The number of aliphatic hydroxyl groups excluding tert-OH is 1. The van der Waals surface area contributed by atoms with Crippen molar-refractivity contribution in [2.45, 2.75) is 405 Å². The normalized spacial score (nSPS) is 13.6. The number of carbonyl (C=O) groups is 1. The van der Waals surface area contributed by atoms with E-state index in [0.29, 0.717) is 23.9 Å². The van der Waals surface area contributed by atoms with Gasteiger partial charge in [0, 0.05) is 6.42 Å². The van der Waals surface area contributed by atoms with Crippen LogP contribution in [0.4, 0.5) is 0 Å². The molecule has 484 valence electrons. The van der Waals surface area contributed by atoms with Gasteiger partial charge in [0.15, 0.2) is 0 Å². The monoisotopic (exact) mass is 1170 g/mol. The third-order valence-electron chi connectivity index (χ3n) is 17.3. The van der Waals surface area contributed by atoms with Crippen molar-refractivity contribution in [1.82, 2.24) is 5.32 Å². The maximum atomic E-state index is 13.1. The van der Waals surface area contributed by atoms with Gasteiger partial charge in [-0.1, -0.05) is 360 Å². The smallest absolute Gasteiger partial charge is 0.391 e. The van der Waals surface area contributed by atoms with Gasteiger partial charge in [-0.05, 0) is 38.5 Å². The molecule has 1 amide bonds. The van der Waals surface area contributed by atoms with Gasteiger partial charge >= 0.3 is 7.82 Å². The first kappa shape index (κ1) is 80.2. The first-order valence-electron chi connectivity index (χ1n) is 36.6. The number of rotatable bonds is 69. The largest absolute Gasteiger partial charge is 0.472 e. The van der Waals surface area contributed by atoms with Crippen molar-refractivity contribution in [3.05, 3.63) is 12.2 Å². The Balaban J connectivity index is 3.93. The Bertz CT molecular complexity index is 1320. The summed E-state index contributed by atoms with van der Waals surface area (Å²) in [5.74, 6) is -0.134. The van der Waals surface area contributed by atoms with E-state index < -0.39 is 20.0 Å². The van der Waals surface area contributed by atoms with Crippen LogP contribution in [0, 0.1) is 0 Å². The Morgan fingerprint density at radius 3 is 0.951 bits per heavy atom. The van der Waals surface area contributed by atoms with Crippen molar-refractivity contribution in [2.75, 3.05) is 40.9 Å². The Labute approximate surface area is 507 Å². The second-order valence-corrected chi connectivity index (χ2v) is 28.1. The molecule has 0 radical (unpaired) electrons. The zero-order valence-electron chi connectivity index (χ0n) is 55.6. The van der Waals surface area contributed by atoms with Gasteiger partial charge < -0.3 is 19.8 Å². The topological polar surface area (TPSA) is 105 Å². The van der Waals surface area contributed by atoms with E-state index in [1.807, 2.05) is 21.1 Å². The fourth-order valence-corrected chi connectivity index (χ4v) is 12.3. The lowest BCUT2D eigenvalue weighted by molar-refractivity contribution is -0.870. The summed E-state index contributed by atoms with van der Waals surface area (Å²) in [7, 11) is 1.64. The van der Waals surface area contributed by atoms with Gasteiger partial charge in [-0.2, -0.15) is 0 Å². The van der Waals surface area contributed by atoms with E-state index in [9.17, 15) is 19.4 Å². The number of phosphoric ester groups is 1. The van der Waals surface area contributed by atoms with Crippen LogP contribution >= 0.6 is 7.82 Å². The molecule has 0 saturated heterocycles. The lowest BCUT2D eigenvalue weighted by atomic mass is 10.0. The van der Waals surface area contributed by atoms with E-state index in [0.717, 1.165) is 38.5 Å². The van der Waals surface area contributed by atoms with Gasteiger partial charge in [-0.15, -0.1) is 0 Å². The Morgan fingerprint density at radius 2 is 0.667 bits per heavy atom. The number of aliphatic hydroxyl groups is 1. The van der Waals surface area contributed by atoms with E-state index in [1.54, 1.807) is 0 Å². The molecule has 0 aromatic heterocycles. The van der Waals surface area contributed by atoms with Crippen molar-refractivity contribution in [3.8, 4) is 0 Å². The standard InChI is InChI=1S/C72H145N2O6P/c1-6-8-10-12-14-16-18-20-22-24-26-28-30-32-33-34-35-36-37-38-39-40-41-42-44-46-48-50-52-54-56-58-60-62-64-66-72(76)73-70(69-80-81(77,78)79-68-67-74(3,4)5)71(75)65-63-61-59-57-55-53-51-49-47-45-43-31-29-27-25-23-21-19-17-15-13-11-9-7-2/h24,26,70-71,75H,6-23,25,27-69H2,1-5H3,(H-,73,76,77,78)/p+1/b26-24-. The third kappa shape index (κ3) is 66.6. The Hall–Kier alpha value is -0.760. The number of amides is 1. The molecule has 0 aromatic carbocycles. The number of carbonyl (C=O) groups excluding carboxylic acids is 1. The minimum Gasteiger partial charge on any atom is -0.391 e. The average molecular weight is 1170 g/mol. The summed E-state index contributed by atoms with van der Waals surface area (Å²) in [5, 5.41) is 14.2. The number of nitrogens with one attached hydrogen (secondary N) is 1. The molecule has 9 heteroatoms. The second-order valence-electron chi connectivity index (χ2n) is 26.7. The van der Waals surface area contributed by atoms with Crippen molar-refractivity contribution in [1.29, 1.82) is 0 Å². The molecule has 0 saturated carbocycles. The van der Waals surface area contributed by atoms with E-state index in [1.165, 1.54) is 327 Å². The molecule has 3 atom stereocenters. The summed E-state index contributed by atoms with van der Waals surface area (Å²) in [6.45, 7) is 4.96. The fourth-order valence-electron chi connectivity index (χ4n) is 11.6. The highest BCUT2D eigenvalue weighted by Gasteiger charge is 2.28. The van der Waals surface area contributed by atoms with Crippen LogP contribution in [0.5, 0.6) is 0 Å². The maximum absolute atomic E-state index is 13.1. The van der Waals surface area contributed by atoms with Crippen molar-refractivity contribution in [2.24, 2.45) is 0 Å². The third-order valence-corrected chi connectivity index (χ3v) is 18.2. The summed E-state index contributed by atoms with van der Waals surface area (Å²) in [5.41, 5.74) is 0. The number of allylic oxidation sites excluding steroid dienone is 2. The highest BCUT2D eigenvalue weighted by molar-refractivity contribution is 7.47. The van der Waals surface area contributed by atoms with Crippen LogP contribution in [-0.4, -0.2) is 73.4 Å². The van der Waals surface area contributed by atoms with Crippen LogP contribution in [0.1, 0.15) is 393 Å². The molecule has 3 unspecified atom stereocenters. The minimum atomic E-state index is -4.33. The SMILES string of the molecule is CCCCCCCCCC/C=C\CCCCCCCCCCCCCCCCCCCCCCCCCC(=O)NC(COP(=O)(O)OCC[N+](C)(C)C)C(O)CCCCCCCCCCCCCCCCCCCCCCCCCC. The minimum absolute atomic E-state index is 0.0787. The van der Waals surface area contributed by atoms with Gasteiger partial charge in [0.25, 0.3) is 0 Å². The molecule has 0 aromatic rings. The zero-order valence-corrected chi connectivity index (χ0v) is 56.5. The number of likely N-dealkylation sites (N-methyl/N-ethyl adjacent to an activating group) is 1. The Morgan fingerprint density at radius 1 is 0.407 bits per heavy atom. The molecule has 0 heterocycles. The van der Waals surface area contributed by atoms with Crippen molar-refractivity contribution < 1.29 is 32.9 Å². The number of unbranched alkanes of at least 4 members (excludes halogenated alkanes) is 54. The van der Waals surface area contributed by atoms with E-state index in [4.69, 9.17) is 9.05 Å². The fraction of sp³-hybridized carbons (Fsp3) is 0.958. The van der Waals surface area contributed by atoms with Crippen LogP contribution in [-0.2, 0) is 18.4 Å². The second kappa shape index (κ2) is 63.7. The lowest BCUT2D eigenvalue weighted by Gasteiger charge is -2.26. The predicted octanol–water partition coefficient (Wildman–Crippen LogP) is 23.3. The molecule has 0 fully saturated rings. The lowest BCUT2D eigenvalue weighted by Crippen LogP contribution is -2.46. The summed E-state index contributed by atoms with van der Waals surface area (Å²) in [6.07, 6.45) is 81.9. The number of hydrogen-bond acceptors (Lipinski definition) is 5. The summed E-state index contributed by atoms with van der Waals surface area (Å²) in [6, 6.07) is -0.758. The first-order valence-corrected chi connectivity index (χ1v) is 38.0. The zero-order chi connectivity index (χ0) is 59.1. The number of hydrogen-bond donors (Lipinski definition) is 3. The molecule has 0 aliphatic carbocycles. The van der Waals surface area contributed by atoms with Crippen molar-refractivity contribution in [3.63, 3.8) is 0 Å². The molecule has 8 nitrogen and oxygen atoms in total. The predicted molar refractivity (Wildman–Crippen MR) is 355 cm³/mol. The number of nitrogens with zero attached hydrogens (tertiary/aromatic N) is 1. The van der Waals surface area contributed by atoms with Crippen molar-refractivity contribution >= 4 is 13.7 Å². The molecule has 0 spiro atoms. The van der Waals surface area contributed by atoms with Crippen LogP contribution in [0.15, 0.2) is 12.2 Å². The average Bonchev–Trinajstić information content (AvgIpc) is 3.43. The molecule has 81 heavy (non-hydrogen) atoms. The Kier molecular flexibility index (Phi) is 63.1. The highest BCUT2D eigenvalue weighted by Crippen LogP contribution is 2.43. The van der Waals surface area contributed by atoms with E-state index in [2.05, 4.69) is 31.3 Å². The van der Waals surface area contributed by atoms with Gasteiger partial charge in [0.2, 0.25) is 5.91 Å². The molecule has 0 bridgehead atoms. The molecule has 0 aliphatic rings. The number of phosphoric acid groups is 1. The number of quaternary nitrogens is 1. The summed E-state index contributed by atoms with van der Waals surface area (Å²) in [4.78, 5) is 23.5. The molecule has 0 rings (SSSR count). The highest BCUT2D eigenvalue weighted by atomic mass is 31.2. The maximum Gasteiger partial charge on any atom is 0.472 e. The summed E-state index contributed by atoms with van der Waals surface area (Å²) < 4.78 is 23.9. The molecular weight excluding hydrogens is 1020 g/mol. The molecule has 3 N–H and O–H groups in total. The van der Waals surface area contributed by atoms with Gasteiger partial charge in [-0.25, -0.2) is 4.57 Å².